The average molecular weight is 377 g/mol. The molecule has 3 rings (SSSR count). The molecule has 6 nitrogen and oxygen atoms in total. The van der Waals surface area contributed by atoms with E-state index in [4.69, 9.17) is 16.0 Å². The van der Waals surface area contributed by atoms with Gasteiger partial charge < -0.3 is 25.1 Å². The van der Waals surface area contributed by atoms with Gasteiger partial charge in [0.15, 0.2) is 5.96 Å². The summed E-state index contributed by atoms with van der Waals surface area (Å²) in [5, 5.41) is 17.6. The van der Waals surface area contributed by atoms with E-state index in [1.807, 2.05) is 25.1 Å². The largest absolute Gasteiger partial charge is 0.467 e. The summed E-state index contributed by atoms with van der Waals surface area (Å²) < 4.78 is 5.22. The number of anilines is 1. The van der Waals surface area contributed by atoms with Gasteiger partial charge in [0.05, 0.1) is 12.8 Å². The Hall–Kier alpha value is -2.18. The van der Waals surface area contributed by atoms with Crippen molar-refractivity contribution in [1.82, 2.24) is 10.6 Å². The second-order valence-corrected chi connectivity index (χ2v) is 6.74. The Bertz CT molecular complexity index is 720. The van der Waals surface area contributed by atoms with Crippen LogP contribution in [0.1, 0.15) is 25.2 Å². The van der Waals surface area contributed by atoms with E-state index in [1.165, 1.54) is 0 Å². The van der Waals surface area contributed by atoms with E-state index in [2.05, 4.69) is 26.6 Å². The van der Waals surface area contributed by atoms with Crippen molar-refractivity contribution in [2.24, 2.45) is 4.99 Å². The molecule has 2 aromatic rings. The van der Waals surface area contributed by atoms with Gasteiger partial charge in [0, 0.05) is 36.4 Å². The molecule has 1 aliphatic rings. The van der Waals surface area contributed by atoms with E-state index in [0.29, 0.717) is 11.7 Å². The van der Waals surface area contributed by atoms with Gasteiger partial charge in [-0.15, -0.1) is 0 Å². The highest BCUT2D eigenvalue weighted by molar-refractivity contribution is 6.30. The van der Waals surface area contributed by atoms with Gasteiger partial charge >= 0.3 is 0 Å². The lowest BCUT2D eigenvalue weighted by Crippen LogP contribution is -2.44. The fourth-order valence-electron chi connectivity index (χ4n) is 3.05. The molecule has 140 valence electrons. The number of halogens is 1. The number of benzene rings is 1. The summed E-state index contributed by atoms with van der Waals surface area (Å²) in [5.74, 6) is 1.23. The van der Waals surface area contributed by atoms with Crippen molar-refractivity contribution >= 4 is 23.2 Å². The van der Waals surface area contributed by atoms with Gasteiger partial charge in [0.25, 0.3) is 0 Å². The lowest BCUT2D eigenvalue weighted by Gasteiger charge is -2.20. The molecule has 0 saturated carbocycles. The molecular weight excluding hydrogens is 352 g/mol. The quantitative estimate of drug-likeness (QED) is 0.534. The normalized spacial score (nSPS) is 18.8. The maximum absolute atomic E-state index is 10.1. The van der Waals surface area contributed by atoms with Crippen molar-refractivity contribution in [2.75, 3.05) is 31.1 Å². The Morgan fingerprint density at radius 1 is 1.42 bits per heavy atom. The first-order valence-electron chi connectivity index (χ1n) is 8.92. The molecule has 1 aromatic heterocycles. The summed E-state index contributed by atoms with van der Waals surface area (Å²) in [4.78, 5) is 6.80. The van der Waals surface area contributed by atoms with Crippen molar-refractivity contribution in [3.8, 4) is 0 Å². The summed E-state index contributed by atoms with van der Waals surface area (Å²) in [6.07, 6.45) is 1.82. The van der Waals surface area contributed by atoms with E-state index in [0.717, 1.165) is 36.8 Å². The molecule has 2 heterocycles. The van der Waals surface area contributed by atoms with Crippen molar-refractivity contribution in [1.29, 1.82) is 0 Å². The van der Waals surface area contributed by atoms with Crippen molar-refractivity contribution in [3.63, 3.8) is 0 Å². The van der Waals surface area contributed by atoms with Crippen molar-refractivity contribution in [2.45, 2.75) is 25.5 Å². The molecule has 26 heavy (non-hydrogen) atoms. The topological polar surface area (TPSA) is 73.0 Å². The third-order valence-electron chi connectivity index (χ3n) is 4.34. The van der Waals surface area contributed by atoms with Crippen LogP contribution in [0.2, 0.25) is 5.02 Å². The zero-order valence-electron chi connectivity index (χ0n) is 14.9. The van der Waals surface area contributed by atoms with Crippen LogP contribution in [0.15, 0.2) is 52.1 Å². The molecule has 0 radical (unpaired) electrons. The fourth-order valence-corrected chi connectivity index (χ4v) is 3.23. The summed E-state index contributed by atoms with van der Waals surface area (Å²) >= 11 is 6.10. The maximum atomic E-state index is 10.1. The average Bonchev–Trinajstić information content (AvgIpc) is 3.31. The number of rotatable bonds is 6. The fraction of sp³-hybridized carbons (Fsp3) is 0.421. The van der Waals surface area contributed by atoms with E-state index >= 15 is 0 Å². The number of nitrogens with zero attached hydrogens (tertiary/aromatic N) is 2. The molecule has 2 unspecified atom stereocenters. The highest BCUT2D eigenvalue weighted by Crippen LogP contribution is 2.23. The predicted molar refractivity (Wildman–Crippen MR) is 105 cm³/mol. The molecular formula is C19H25ClN4O2. The van der Waals surface area contributed by atoms with Crippen LogP contribution in [0.5, 0.6) is 0 Å². The SMILES string of the molecule is CCNC(=NCC(O)c1ccco1)NC1CCN(c2cccc(Cl)c2)C1. The summed E-state index contributed by atoms with van der Waals surface area (Å²) in [5.41, 5.74) is 1.14. The van der Waals surface area contributed by atoms with Crippen LogP contribution in [0.4, 0.5) is 5.69 Å². The predicted octanol–water partition coefficient (Wildman–Crippen LogP) is 2.80. The first kappa shape index (κ1) is 18.6. The Kier molecular flexibility index (Phi) is 6.41. The number of guanidine groups is 1. The molecule has 0 bridgehead atoms. The van der Waals surface area contributed by atoms with Crippen LogP contribution in [-0.2, 0) is 0 Å². The first-order chi connectivity index (χ1) is 12.7. The monoisotopic (exact) mass is 376 g/mol. The van der Waals surface area contributed by atoms with E-state index in [9.17, 15) is 5.11 Å². The number of hydrogen-bond donors (Lipinski definition) is 3. The Balaban J connectivity index is 1.57. The van der Waals surface area contributed by atoms with E-state index < -0.39 is 6.10 Å². The third kappa shape index (κ3) is 4.93. The zero-order valence-corrected chi connectivity index (χ0v) is 15.6. The third-order valence-corrected chi connectivity index (χ3v) is 4.58. The minimum atomic E-state index is -0.744. The molecule has 1 aromatic carbocycles. The van der Waals surface area contributed by atoms with Gasteiger partial charge in [-0.05, 0) is 43.7 Å². The van der Waals surface area contributed by atoms with Crippen LogP contribution in [0.25, 0.3) is 0 Å². The molecule has 1 aliphatic heterocycles. The zero-order chi connectivity index (χ0) is 18.4. The smallest absolute Gasteiger partial charge is 0.191 e. The van der Waals surface area contributed by atoms with E-state index in [1.54, 1.807) is 18.4 Å². The standard InChI is InChI=1S/C19H25ClN4O2/c1-2-21-19(22-12-17(25)18-7-4-10-26-18)23-15-8-9-24(13-15)16-6-3-5-14(20)11-16/h3-7,10-11,15,17,25H,2,8-9,12-13H2,1H3,(H2,21,22,23). The van der Waals surface area contributed by atoms with Gasteiger partial charge in [-0.2, -0.15) is 0 Å². The van der Waals surface area contributed by atoms with Gasteiger partial charge in [0.1, 0.15) is 11.9 Å². The highest BCUT2D eigenvalue weighted by atomic mass is 35.5. The molecule has 0 aliphatic carbocycles. The lowest BCUT2D eigenvalue weighted by atomic mass is 10.2. The summed E-state index contributed by atoms with van der Waals surface area (Å²) in [6, 6.07) is 11.7. The molecule has 1 saturated heterocycles. The first-order valence-corrected chi connectivity index (χ1v) is 9.30. The Labute approximate surface area is 158 Å². The second-order valence-electron chi connectivity index (χ2n) is 6.31. The van der Waals surface area contributed by atoms with Crippen LogP contribution in [0.3, 0.4) is 0 Å². The number of hydrogen-bond acceptors (Lipinski definition) is 4. The van der Waals surface area contributed by atoms with Crippen molar-refractivity contribution < 1.29 is 9.52 Å². The van der Waals surface area contributed by atoms with Crippen LogP contribution in [0, 0.1) is 0 Å². The molecule has 0 spiro atoms. The van der Waals surface area contributed by atoms with Crippen LogP contribution < -0.4 is 15.5 Å². The maximum Gasteiger partial charge on any atom is 0.191 e. The summed E-state index contributed by atoms with van der Waals surface area (Å²) in [7, 11) is 0. The Morgan fingerprint density at radius 2 is 2.31 bits per heavy atom. The molecule has 7 heteroatoms. The molecule has 1 fully saturated rings. The number of aliphatic hydroxyl groups excluding tert-OH is 1. The van der Waals surface area contributed by atoms with Gasteiger partial charge in [0.2, 0.25) is 0 Å². The minimum Gasteiger partial charge on any atom is -0.467 e. The van der Waals surface area contributed by atoms with Crippen LogP contribution >= 0.6 is 11.6 Å². The molecule has 2 atom stereocenters. The van der Waals surface area contributed by atoms with Gasteiger partial charge in [-0.3, -0.25) is 4.99 Å². The Morgan fingerprint density at radius 3 is 3.04 bits per heavy atom. The summed E-state index contributed by atoms with van der Waals surface area (Å²) in [6.45, 7) is 4.87. The van der Waals surface area contributed by atoms with Gasteiger partial charge in [-0.25, -0.2) is 0 Å². The van der Waals surface area contributed by atoms with Gasteiger partial charge in [-0.1, -0.05) is 17.7 Å². The lowest BCUT2D eigenvalue weighted by molar-refractivity contribution is 0.158. The highest BCUT2D eigenvalue weighted by Gasteiger charge is 2.23. The molecule has 0 amide bonds. The van der Waals surface area contributed by atoms with E-state index in [-0.39, 0.29) is 12.6 Å². The number of aliphatic hydroxyl groups is 1. The molecule has 3 N–H and O–H groups in total. The van der Waals surface area contributed by atoms with Crippen molar-refractivity contribution in [3.05, 3.63) is 53.4 Å². The number of nitrogens with one attached hydrogen (secondary N) is 2. The number of aliphatic imine (C=N–C) groups is 1. The minimum absolute atomic E-state index is 0.244. The second kappa shape index (κ2) is 8.96. The number of furan rings is 1. The van der Waals surface area contributed by atoms with Crippen LogP contribution in [-0.4, -0.2) is 43.3 Å².